The molecule has 0 radical (unpaired) electrons. The minimum Gasteiger partial charge on any atom is -0.445 e. The molecule has 0 aliphatic rings. The van der Waals surface area contributed by atoms with E-state index in [0.717, 1.165) is 5.56 Å². The van der Waals surface area contributed by atoms with E-state index in [4.69, 9.17) is 4.74 Å². The Morgan fingerprint density at radius 2 is 1.89 bits per heavy atom. The van der Waals surface area contributed by atoms with Gasteiger partial charge >= 0.3 is 6.09 Å². The number of rotatable bonds is 5. The molecular weight excluding hydrogens is 232 g/mol. The maximum absolute atomic E-state index is 11.3. The molecule has 5 nitrogen and oxygen atoms in total. The summed E-state index contributed by atoms with van der Waals surface area (Å²) in [6, 6.07) is 9.40. The van der Waals surface area contributed by atoms with E-state index in [1.807, 2.05) is 44.2 Å². The molecule has 2 N–H and O–H groups in total. The van der Waals surface area contributed by atoms with Crippen molar-refractivity contribution < 1.29 is 14.3 Å². The van der Waals surface area contributed by atoms with E-state index in [-0.39, 0.29) is 25.1 Å². The first-order valence-electron chi connectivity index (χ1n) is 5.82. The van der Waals surface area contributed by atoms with Gasteiger partial charge in [-0.1, -0.05) is 30.3 Å². The summed E-state index contributed by atoms with van der Waals surface area (Å²) in [7, 11) is 0. The normalized spacial score (nSPS) is 9.94. The van der Waals surface area contributed by atoms with Crippen molar-refractivity contribution in [3.63, 3.8) is 0 Å². The summed E-state index contributed by atoms with van der Waals surface area (Å²) >= 11 is 0. The second kappa shape index (κ2) is 7.32. The molecular formula is C13H18N2O3. The zero-order valence-electron chi connectivity index (χ0n) is 10.6. The number of hydrogen-bond donors (Lipinski definition) is 2. The third-order valence-corrected chi connectivity index (χ3v) is 2.06. The number of carbonyl (C=O) groups is 2. The van der Waals surface area contributed by atoms with Gasteiger partial charge in [-0.15, -0.1) is 0 Å². The number of hydrogen-bond acceptors (Lipinski definition) is 3. The van der Waals surface area contributed by atoms with Gasteiger partial charge in [0.2, 0.25) is 5.91 Å². The van der Waals surface area contributed by atoms with Crippen LogP contribution in [0.15, 0.2) is 30.3 Å². The fraction of sp³-hybridized carbons (Fsp3) is 0.385. The second-order valence-electron chi connectivity index (χ2n) is 4.14. The van der Waals surface area contributed by atoms with Gasteiger partial charge in [0.15, 0.2) is 0 Å². The van der Waals surface area contributed by atoms with Crippen LogP contribution in [-0.4, -0.2) is 24.6 Å². The maximum atomic E-state index is 11.3. The molecule has 0 saturated carbocycles. The van der Waals surface area contributed by atoms with Crippen molar-refractivity contribution in [2.24, 2.45) is 0 Å². The fourth-order valence-corrected chi connectivity index (χ4v) is 1.30. The lowest BCUT2D eigenvalue weighted by Gasteiger charge is -2.09. The first kappa shape index (κ1) is 14.0. The van der Waals surface area contributed by atoms with Crippen LogP contribution in [0.3, 0.4) is 0 Å². The summed E-state index contributed by atoms with van der Waals surface area (Å²) in [5.41, 5.74) is 0.902. The highest BCUT2D eigenvalue weighted by molar-refractivity contribution is 5.82. The van der Waals surface area contributed by atoms with Crippen LogP contribution >= 0.6 is 0 Å². The average molecular weight is 250 g/mol. The summed E-state index contributed by atoms with van der Waals surface area (Å²) in [5.74, 6) is -0.235. The third kappa shape index (κ3) is 5.89. The molecule has 18 heavy (non-hydrogen) atoms. The van der Waals surface area contributed by atoms with Crippen LogP contribution in [-0.2, 0) is 16.1 Å². The zero-order valence-corrected chi connectivity index (χ0v) is 10.6. The summed E-state index contributed by atoms with van der Waals surface area (Å²) in [6.45, 7) is 3.82. The van der Waals surface area contributed by atoms with Gasteiger partial charge < -0.3 is 15.4 Å². The first-order chi connectivity index (χ1) is 8.58. The van der Waals surface area contributed by atoms with Crippen molar-refractivity contribution in [3.05, 3.63) is 35.9 Å². The standard InChI is InChI=1S/C13H18N2O3/c1-10(2)15-12(16)8-14-13(17)18-9-11-6-4-3-5-7-11/h3-7,10H,8-9H2,1-2H3,(H,14,17)(H,15,16). The Morgan fingerprint density at radius 1 is 1.22 bits per heavy atom. The van der Waals surface area contributed by atoms with Crippen molar-refractivity contribution >= 4 is 12.0 Å². The molecule has 98 valence electrons. The highest BCUT2D eigenvalue weighted by Gasteiger charge is 2.07. The van der Waals surface area contributed by atoms with Crippen LogP contribution in [0.2, 0.25) is 0 Å². The zero-order chi connectivity index (χ0) is 13.4. The SMILES string of the molecule is CC(C)NC(=O)CNC(=O)OCc1ccccc1. The lowest BCUT2D eigenvalue weighted by Crippen LogP contribution is -2.39. The van der Waals surface area contributed by atoms with E-state index in [2.05, 4.69) is 10.6 Å². The molecule has 1 rings (SSSR count). The monoisotopic (exact) mass is 250 g/mol. The van der Waals surface area contributed by atoms with Crippen LogP contribution in [0.25, 0.3) is 0 Å². The molecule has 2 amide bonds. The molecule has 0 saturated heterocycles. The van der Waals surface area contributed by atoms with Crippen LogP contribution in [0.5, 0.6) is 0 Å². The lowest BCUT2D eigenvalue weighted by atomic mass is 10.2. The molecule has 0 aliphatic heterocycles. The van der Waals surface area contributed by atoms with Gasteiger partial charge in [0.05, 0.1) is 0 Å². The Morgan fingerprint density at radius 3 is 2.50 bits per heavy atom. The smallest absolute Gasteiger partial charge is 0.407 e. The van der Waals surface area contributed by atoms with E-state index in [0.29, 0.717) is 0 Å². The number of benzene rings is 1. The lowest BCUT2D eigenvalue weighted by molar-refractivity contribution is -0.120. The molecule has 0 aromatic heterocycles. The summed E-state index contributed by atoms with van der Waals surface area (Å²) in [5, 5.41) is 5.05. The first-order valence-corrected chi connectivity index (χ1v) is 5.82. The van der Waals surface area contributed by atoms with Gasteiger partial charge in [0, 0.05) is 6.04 Å². The number of ether oxygens (including phenoxy) is 1. The quantitative estimate of drug-likeness (QED) is 0.831. The fourth-order valence-electron chi connectivity index (χ4n) is 1.30. The van der Waals surface area contributed by atoms with E-state index >= 15 is 0 Å². The molecule has 1 aromatic rings. The van der Waals surface area contributed by atoms with Crippen molar-refractivity contribution in [3.8, 4) is 0 Å². The minimum atomic E-state index is -0.599. The summed E-state index contributed by atoms with van der Waals surface area (Å²) < 4.78 is 4.95. The van der Waals surface area contributed by atoms with Gasteiger partial charge in [0.1, 0.15) is 13.2 Å². The van der Waals surface area contributed by atoms with Crippen molar-refractivity contribution in [1.29, 1.82) is 0 Å². The van der Waals surface area contributed by atoms with Crippen molar-refractivity contribution in [2.45, 2.75) is 26.5 Å². The molecule has 1 aromatic carbocycles. The van der Waals surface area contributed by atoms with Gasteiger partial charge in [-0.25, -0.2) is 4.79 Å². The number of amides is 2. The van der Waals surface area contributed by atoms with Gasteiger partial charge in [-0.05, 0) is 19.4 Å². The van der Waals surface area contributed by atoms with E-state index in [1.165, 1.54) is 0 Å². The molecule has 0 unspecified atom stereocenters. The third-order valence-electron chi connectivity index (χ3n) is 2.06. The highest BCUT2D eigenvalue weighted by atomic mass is 16.5. The Bertz CT molecular complexity index is 390. The van der Waals surface area contributed by atoms with Gasteiger partial charge in [-0.2, -0.15) is 0 Å². The van der Waals surface area contributed by atoms with Crippen LogP contribution < -0.4 is 10.6 Å². The molecule has 0 heterocycles. The minimum absolute atomic E-state index is 0.0552. The van der Waals surface area contributed by atoms with E-state index in [9.17, 15) is 9.59 Å². The van der Waals surface area contributed by atoms with Crippen molar-refractivity contribution in [2.75, 3.05) is 6.54 Å². The Balaban J connectivity index is 2.20. The molecule has 0 fully saturated rings. The largest absolute Gasteiger partial charge is 0.445 e. The Hall–Kier alpha value is -2.04. The number of alkyl carbamates (subject to hydrolysis) is 1. The predicted octanol–water partition coefficient (Wildman–Crippen LogP) is 1.44. The van der Waals surface area contributed by atoms with Crippen LogP contribution in [0.1, 0.15) is 19.4 Å². The molecule has 0 bridgehead atoms. The topological polar surface area (TPSA) is 67.4 Å². The van der Waals surface area contributed by atoms with E-state index < -0.39 is 6.09 Å². The average Bonchev–Trinajstić information content (AvgIpc) is 2.34. The molecule has 0 spiro atoms. The van der Waals surface area contributed by atoms with Crippen LogP contribution in [0, 0.1) is 0 Å². The maximum Gasteiger partial charge on any atom is 0.407 e. The van der Waals surface area contributed by atoms with Gasteiger partial charge in [-0.3, -0.25) is 4.79 Å². The van der Waals surface area contributed by atoms with Crippen molar-refractivity contribution in [1.82, 2.24) is 10.6 Å². The second-order valence-corrected chi connectivity index (χ2v) is 4.14. The Labute approximate surface area is 107 Å². The highest BCUT2D eigenvalue weighted by Crippen LogP contribution is 2.00. The van der Waals surface area contributed by atoms with Crippen LogP contribution in [0.4, 0.5) is 4.79 Å². The van der Waals surface area contributed by atoms with Gasteiger partial charge in [0.25, 0.3) is 0 Å². The number of nitrogens with one attached hydrogen (secondary N) is 2. The molecule has 0 aliphatic carbocycles. The molecule has 5 heteroatoms. The summed E-state index contributed by atoms with van der Waals surface area (Å²) in [4.78, 5) is 22.5. The van der Waals surface area contributed by atoms with E-state index in [1.54, 1.807) is 0 Å². The Kier molecular flexibility index (Phi) is 5.70. The number of carbonyl (C=O) groups excluding carboxylic acids is 2. The summed E-state index contributed by atoms with van der Waals surface area (Å²) in [6.07, 6.45) is -0.599. The predicted molar refractivity (Wildman–Crippen MR) is 67.9 cm³/mol. The molecule has 0 atom stereocenters.